The lowest BCUT2D eigenvalue weighted by Crippen LogP contribution is -2.28. The van der Waals surface area contributed by atoms with E-state index in [9.17, 15) is 14.4 Å². The van der Waals surface area contributed by atoms with Crippen molar-refractivity contribution in [3.05, 3.63) is 78.5 Å². The Morgan fingerprint density at radius 1 is 1.08 bits per heavy atom. The van der Waals surface area contributed by atoms with Crippen LogP contribution in [0.4, 0.5) is 0 Å². The summed E-state index contributed by atoms with van der Waals surface area (Å²) in [6.45, 7) is 3.08. The van der Waals surface area contributed by atoms with E-state index in [0.717, 1.165) is 5.56 Å². The van der Waals surface area contributed by atoms with E-state index < -0.39 is 20.4 Å². The third-order valence-corrected chi connectivity index (χ3v) is 6.36. The lowest BCUT2D eigenvalue weighted by Gasteiger charge is -2.25. The molecule has 0 saturated carbocycles. The molecule has 2 aromatic carbocycles. The van der Waals surface area contributed by atoms with E-state index in [1.165, 1.54) is 6.08 Å². The number of nitrogens with one attached hydrogen (secondary N) is 2. The van der Waals surface area contributed by atoms with E-state index in [2.05, 4.69) is 17.3 Å². The summed E-state index contributed by atoms with van der Waals surface area (Å²) in [4.78, 5) is 35.9. The zero-order valence-corrected chi connectivity index (χ0v) is 22.8. The van der Waals surface area contributed by atoms with Gasteiger partial charge in [-0.25, -0.2) is 5.09 Å². The number of methoxy groups -OCH3 is 1. The molecule has 38 heavy (non-hydrogen) atoms. The molecule has 11 heteroatoms. The summed E-state index contributed by atoms with van der Waals surface area (Å²) >= 11 is 0. The lowest BCUT2D eigenvalue weighted by molar-refractivity contribution is -0.143. The minimum atomic E-state index is -1.66. The molecule has 3 atom stereocenters. The van der Waals surface area contributed by atoms with Crippen LogP contribution < -0.4 is 14.9 Å². The molecule has 0 heterocycles. The van der Waals surface area contributed by atoms with Crippen LogP contribution in [0, 0.1) is 5.92 Å². The number of carbonyl (C=O) groups is 3. The Hall–Kier alpha value is -3.30. The summed E-state index contributed by atoms with van der Waals surface area (Å²) in [6, 6.07) is 18.7. The van der Waals surface area contributed by atoms with Gasteiger partial charge in [-0.1, -0.05) is 55.5 Å². The van der Waals surface area contributed by atoms with E-state index in [1.807, 2.05) is 72.6 Å². The van der Waals surface area contributed by atoms with Gasteiger partial charge in [0, 0.05) is 33.0 Å². The Kier molecular flexibility index (Phi) is 14.7. The first-order valence-corrected chi connectivity index (χ1v) is 13.3. The predicted molar refractivity (Wildman–Crippen MR) is 145 cm³/mol. The monoisotopic (exact) mass is 545 g/mol. The Morgan fingerprint density at radius 3 is 2.42 bits per heavy atom. The topological polar surface area (TPSA) is 115 Å². The number of carbonyl (C=O) groups excluding carboxylic acids is 3. The third-order valence-electron chi connectivity index (χ3n) is 5.18. The SMILES string of the molecule is COC(COP(NCC(=O)OCc1ccccc1)Oc1ccccc1)CC(C)CN(C)/C=C\C(=O)NC=O. The van der Waals surface area contributed by atoms with Gasteiger partial charge in [-0.15, -0.1) is 0 Å². The molecular weight excluding hydrogens is 509 g/mol. The first-order valence-electron chi connectivity index (χ1n) is 12.1. The van der Waals surface area contributed by atoms with Crippen LogP contribution in [-0.2, 0) is 35.0 Å². The Morgan fingerprint density at radius 2 is 1.76 bits per heavy atom. The number of nitrogens with zero attached hydrogens (tertiary/aromatic N) is 1. The fraction of sp³-hybridized carbons (Fsp3) is 0.370. The largest absolute Gasteiger partial charge is 0.460 e. The summed E-state index contributed by atoms with van der Waals surface area (Å²) in [7, 11) is 1.80. The molecule has 0 fully saturated rings. The second kappa shape index (κ2) is 18.0. The molecule has 10 nitrogen and oxygen atoms in total. The van der Waals surface area contributed by atoms with Gasteiger partial charge in [0.05, 0.1) is 12.7 Å². The molecule has 0 aromatic heterocycles. The Balaban J connectivity index is 1.85. The van der Waals surface area contributed by atoms with E-state index in [1.54, 1.807) is 13.3 Å². The third kappa shape index (κ3) is 13.3. The lowest BCUT2D eigenvalue weighted by atomic mass is 10.0. The average Bonchev–Trinajstić information content (AvgIpc) is 2.92. The van der Waals surface area contributed by atoms with Gasteiger partial charge in [-0.2, -0.15) is 0 Å². The fourth-order valence-corrected chi connectivity index (χ4v) is 4.44. The molecular formula is C27H36N3O7P. The summed E-state index contributed by atoms with van der Waals surface area (Å²) in [5.41, 5.74) is 0.905. The molecule has 2 aromatic rings. The molecule has 0 aliphatic heterocycles. The Labute approximate surface area is 225 Å². The minimum Gasteiger partial charge on any atom is -0.460 e. The molecule has 0 spiro atoms. The summed E-state index contributed by atoms with van der Waals surface area (Å²) in [5.74, 6) is -0.0880. The molecule has 2 N–H and O–H groups in total. The highest BCUT2D eigenvalue weighted by Crippen LogP contribution is 2.35. The first kappa shape index (κ1) is 30.9. The second-order valence-electron chi connectivity index (χ2n) is 8.52. The molecule has 206 valence electrons. The van der Waals surface area contributed by atoms with Crippen molar-refractivity contribution in [3.8, 4) is 5.75 Å². The molecule has 0 radical (unpaired) electrons. The maximum absolute atomic E-state index is 12.3. The van der Waals surface area contributed by atoms with Crippen LogP contribution >= 0.6 is 8.53 Å². The van der Waals surface area contributed by atoms with Crippen LogP contribution in [0.15, 0.2) is 72.9 Å². The van der Waals surface area contributed by atoms with Crippen LogP contribution in [0.1, 0.15) is 18.9 Å². The highest BCUT2D eigenvalue weighted by molar-refractivity contribution is 7.45. The fourth-order valence-electron chi connectivity index (χ4n) is 3.36. The quantitative estimate of drug-likeness (QED) is 0.126. The number of rotatable bonds is 18. The number of esters is 1. The molecule has 0 aliphatic carbocycles. The number of amides is 2. The van der Waals surface area contributed by atoms with E-state index in [-0.39, 0.29) is 31.8 Å². The van der Waals surface area contributed by atoms with E-state index >= 15 is 0 Å². The maximum Gasteiger partial charge on any atom is 0.320 e. The summed E-state index contributed by atoms with van der Waals surface area (Å²) < 4.78 is 22.9. The van der Waals surface area contributed by atoms with Gasteiger partial charge in [0.15, 0.2) is 0 Å². The number of imide groups is 1. The zero-order chi connectivity index (χ0) is 27.6. The van der Waals surface area contributed by atoms with Crippen molar-refractivity contribution in [3.63, 3.8) is 0 Å². The van der Waals surface area contributed by atoms with Crippen LogP contribution in [0.2, 0.25) is 0 Å². The van der Waals surface area contributed by atoms with Gasteiger partial charge >= 0.3 is 14.5 Å². The van der Waals surface area contributed by atoms with Gasteiger partial charge in [-0.05, 0) is 30.0 Å². The van der Waals surface area contributed by atoms with Gasteiger partial charge in [0.1, 0.15) is 18.9 Å². The number of hydrogen-bond donors (Lipinski definition) is 2. The van der Waals surface area contributed by atoms with Crippen LogP contribution in [0.5, 0.6) is 5.75 Å². The maximum atomic E-state index is 12.3. The molecule has 0 saturated heterocycles. The van der Waals surface area contributed by atoms with Gasteiger partial charge in [0.25, 0.3) is 5.91 Å². The van der Waals surface area contributed by atoms with E-state index in [4.69, 9.17) is 18.5 Å². The second-order valence-corrected chi connectivity index (χ2v) is 9.79. The smallest absolute Gasteiger partial charge is 0.320 e. The predicted octanol–water partition coefficient (Wildman–Crippen LogP) is 3.40. The Bertz CT molecular complexity index is 995. The average molecular weight is 546 g/mol. The van der Waals surface area contributed by atoms with Crippen molar-refractivity contribution in [2.45, 2.75) is 26.1 Å². The van der Waals surface area contributed by atoms with Crippen molar-refractivity contribution in [1.29, 1.82) is 0 Å². The zero-order valence-electron chi connectivity index (χ0n) is 21.9. The number of hydrogen-bond acceptors (Lipinski definition) is 9. The minimum absolute atomic E-state index is 0.0752. The van der Waals surface area contributed by atoms with Crippen molar-refractivity contribution in [1.82, 2.24) is 15.3 Å². The van der Waals surface area contributed by atoms with Crippen LogP contribution in [0.25, 0.3) is 0 Å². The van der Waals surface area contributed by atoms with Crippen molar-refractivity contribution in [2.75, 3.05) is 33.9 Å². The molecule has 0 aliphatic rings. The van der Waals surface area contributed by atoms with Crippen molar-refractivity contribution >= 4 is 26.8 Å². The van der Waals surface area contributed by atoms with E-state index in [0.29, 0.717) is 25.1 Å². The molecule has 2 rings (SSSR count). The summed E-state index contributed by atoms with van der Waals surface area (Å²) in [6.07, 6.45) is 3.71. The first-order chi connectivity index (χ1) is 18.4. The molecule has 0 bridgehead atoms. The standard InChI is InChI=1S/C27H36N3O7P/c1-22(18-30(2)15-14-26(32)28-21-31)16-25(34-3)20-36-38(37-24-12-8-5-9-13-24)29-17-27(33)35-19-23-10-6-4-7-11-23/h4-15,21-22,25,29H,16-20H2,1-3H3,(H,28,31,32)/b15-14-. The van der Waals surface area contributed by atoms with Gasteiger partial charge < -0.3 is 23.4 Å². The van der Waals surface area contributed by atoms with Crippen LogP contribution in [-0.4, -0.2) is 63.1 Å². The number of para-hydroxylation sites is 1. The molecule has 3 unspecified atom stereocenters. The van der Waals surface area contributed by atoms with Crippen LogP contribution in [0.3, 0.4) is 0 Å². The van der Waals surface area contributed by atoms with Gasteiger partial charge in [0.2, 0.25) is 6.41 Å². The number of benzene rings is 2. The summed E-state index contributed by atoms with van der Waals surface area (Å²) in [5, 5.41) is 5.07. The van der Waals surface area contributed by atoms with Crippen molar-refractivity contribution < 1.29 is 32.9 Å². The number of ether oxygens (including phenoxy) is 2. The highest BCUT2D eigenvalue weighted by Gasteiger charge is 2.20. The van der Waals surface area contributed by atoms with Crippen molar-refractivity contribution in [2.24, 2.45) is 5.92 Å². The molecule has 2 amide bonds. The normalized spacial score (nSPS) is 13.3. The highest BCUT2D eigenvalue weighted by atomic mass is 31.2. The van der Waals surface area contributed by atoms with Gasteiger partial charge in [-0.3, -0.25) is 19.7 Å².